The smallest absolute Gasteiger partial charge is 0.262 e. The van der Waals surface area contributed by atoms with Crippen molar-refractivity contribution < 1.29 is 23.8 Å². The Labute approximate surface area is 237 Å². The molecule has 2 amide bonds. The molecule has 4 rings (SSSR count). The number of unbranched alkanes of at least 4 members (excludes halogenated alkanes) is 2. The van der Waals surface area contributed by atoms with Gasteiger partial charge in [-0.2, -0.15) is 0 Å². The number of fused-ring (bicyclic) bond motifs is 1. The third-order valence-corrected chi connectivity index (χ3v) is 8.09. The molecule has 1 fully saturated rings. The van der Waals surface area contributed by atoms with Gasteiger partial charge in [-0.3, -0.25) is 9.59 Å². The molecule has 218 valence electrons. The number of nitrogens with zero attached hydrogens (tertiary/aromatic N) is 1. The second-order valence-corrected chi connectivity index (χ2v) is 11.2. The van der Waals surface area contributed by atoms with Crippen LogP contribution in [0.3, 0.4) is 0 Å². The maximum absolute atomic E-state index is 13.5. The Morgan fingerprint density at radius 2 is 1.88 bits per heavy atom. The molecule has 2 aromatic carbocycles. The minimum atomic E-state index is -0.263. The molecule has 0 atom stereocenters. The zero-order chi connectivity index (χ0) is 28.3. The Balaban J connectivity index is 1.23. The van der Waals surface area contributed by atoms with Crippen LogP contribution < -0.4 is 15.4 Å². The fraction of sp³-hybridized carbons (Fsp3) is 0.562. The van der Waals surface area contributed by atoms with Gasteiger partial charge in [-0.05, 0) is 80.8 Å². The molecule has 1 saturated carbocycles. The lowest BCUT2D eigenvalue weighted by Gasteiger charge is -2.32. The Bertz CT molecular complexity index is 1150. The molecule has 40 heavy (non-hydrogen) atoms. The van der Waals surface area contributed by atoms with Crippen LogP contribution in [0.4, 0.5) is 10.1 Å². The number of phenols is 1. The minimum Gasteiger partial charge on any atom is -0.506 e. The fourth-order valence-corrected chi connectivity index (χ4v) is 5.82. The van der Waals surface area contributed by atoms with Crippen molar-refractivity contribution in [3.63, 3.8) is 0 Å². The number of halogens is 1. The Morgan fingerprint density at radius 1 is 1.07 bits per heavy atom. The quantitative estimate of drug-likeness (QED) is 0.169. The summed E-state index contributed by atoms with van der Waals surface area (Å²) in [6.07, 6.45) is 12.0. The molecule has 1 aliphatic carbocycles. The first-order valence-electron chi connectivity index (χ1n) is 14.9. The van der Waals surface area contributed by atoms with Crippen molar-refractivity contribution in [3.05, 3.63) is 52.8 Å². The Kier molecular flexibility index (Phi) is 11.2. The van der Waals surface area contributed by atoms with Gasteiger partial charge in [0.2, 0.25) is 5.91 Å². The van der Waals surface area contributed by atoms with Gasteiger partial charge < -0.3 is 25.4 Å². The highest BCUT2D eigenvalue weighted by atomic mass is 19.1. The normalized spacial score (nSPS) is 15.6. The van der Waals surface area contributed by atoms with Crippen molar-refractivity contribution >= 4 is 17.5 Å². The number of amides is 2. The van der Waals surface area contributed by atoms with E-state index in [2.05, 4.69) is 15.5 Å². The molecule has 3 N–H and O–H groups in total. The van der Waals surface area contributed by atoms with Crippen LogP contribution in [-0.4, -0.2) is 54.1 Å². The fourth-order valence-electron chi connectivity index (χ4n) is 5.82. The van der Waals surface area contributed by atoms with E-state index in [1.54, 1.807) is 13.0 Å². The zero-order valence-corrected chi connectivity index (χ0v) is 23.8. The molecule has 0 saturated heterocycles. The second-order valence-electron chi connectivity index (χ2n) is 11.2. The molecule has 0 unspecified atom stereocenters. The van der Waals surface area contributed by atoms with Crippen LogP contribution in [0.2, 0.25) is 0 Å². The van der Waals surface area contributed by atoms with Gasteiger partial charge in [-0.15, -0.1) is 0 Å². The lowest BCUT2D eigenvalue weighted by molar-refractivity contribution is -0.133. The highest BCUT2D eigenvalue weighted by Crippen LogP contribution is 2.39. The van der Waals surface area contributed by atoms with Crippen molar-refractivity contribution in [2.24, 2.45) is 0 Å². The van der Waals surface area contributed by atoms with Gasteiger partial charge >= 0.3 is 0 Å². The molecule has 0 bridgehead atoms. The van der Waals surface area contributed by atoms with Crippen LogP contribution in [0.1, 0.15) is 80.9 Å². The van der Waals surface area contributed by atoms with Crippen LogP contribution in [0.5, 0.6) is 11.5 Å². The number of rotatable bonds is 13. The summed E-state index contributed by atoms with van der Waals surface area (Å²) in [5, 5.41) is 16.2. The average molecular weight is 554 g/mol. The number of hydrogen-bond acceptors (Lipinski definition) is 5. The number of hydrogen-bond donors (Lipinski definition) is 3. The van der Waals surface area contributed by atoms with Crippen molar-refractivity contribution in [3.8, 4) is 11.5 Å². The van der Waals surface area contributed by atoms with Gasteiger partial charge in [0.05, 0.1) is 0 Å². The van der Waals surface area contributed by atoms with Gasteiger partial charge in [0, 0.05) is 25.6 Å². The molecule has 2 aromatic rings. The molecular weight excluding hydrogens is 509 g/mol. The van der Waals surface area contributed by atoms with Crippen LogP contribution in [0, 0.1) is 12.7 Å². The van der Waals surface area contributed by atoms with Gasteiger partial charge in [-0.25, -0.2) is 4.39 Å². The van der Waals surface area contributed by atoms with Crippen molar-refractivity contribution in [1.82, 2.24) is 10.2 Å². The molecule has 1 heterocycles. The number of benzene rings is 2. The summed E-state index contributed by atoms with van der Waals surface area (Å²) in [7, 11) is 0. The topological polar surface area (TPSA) is 90.9 Å². The maximum atomic E-state index is 13.5. The largest absolute Gasteiger partial charge is 0.506 e. The Hall–Kier alpha value is -3.13. The zero-order valence-electron chi connectivity index (χ0n) is 23.8. The molecular formula is C32H44FN3O4. The van der Waals surface area contributed by atoms with Crippen molar-refractivity contribution in [1.29, 1.82) is 0 Å². The lowest BCUT2D eigenvalue weighted by Crippen LogP contribution is -2.42. The number of ether oxygens (including phenoxy) is 1. The predicted octanol–water partition coefficient (Wildman–Crippen LogP) is 5.66. The van der Waals surface area contributed by atoms with E-state index in [1.807, 2.05) is 18.2 Å². The van der Waals surface area contributed by atoms with Gasteiger partial charge in [-0.1, -0.05) is 50.3 Å². The second kappa shape index (κ2) is 15.0. The third kappa shape index (κ3) is 8.43. The summed E-state index contributed by atoms with van der Waals surface area (Å²) in [5.41, 5.74) is 3.10. The molecule has 8 heteroatoms. The lowest BCUT2D eigenvalue weighted by atomic mass is 10.0. The first-order chi connectivity index (χ1) is 19.4. The monoisotopic (exact) mass is 553 g/mol. The van der Waals surface area contributed by atoms with E-state index < -0.39 is 0 Å². The highest BCUT2D eigenvalue weighted by Gasteiger charge is 2.25. The summed E-state index contributed by atoms with van der Waals surface area (Å²) in [6.45, 7) is 3.92. The van der Waals surface area contributed by atoms with Crippen LogP contribution >= 0.6 is 0 Å². The summed E-state index contributed by atoms with van der Waals surface area (Å²) in [6, 6.07) is 9.02. The summed E-state index contributed by atoms with van der Waals surface area (Å²) in [4.78, 5) is 27.1. The van der Waals surface area contributed by atoms with E-state index in [4.69, 9.17) is 4.74 Å². The SMILES string of the molecule is Cc1cc(CCNCCC(=O)N(CCCCCc2ccc(O)c3c2OCC(=O)N3)C2CCCCCC2)ccc1F. The maximum Gasteiger partial charge on any atom is 0.262 e. The number of nitrogens with one attached hydrogen (secondary N) is 2. The standard InChI is InChI=1S/C32H44FN3O4/c1-23-21-24(12-14-27(23)33)16-18-34-19-17-30(39)36(26-10-6-2-3-7-11-26)20-8-4-5-9-25-13-15-28(37)31-32(25)40-22-29(38)35-31/h12-15,21,26,34,37H,2-11,16-20,22H2,1H3,(H,35,38). The highest BCUT2D eigenvalue weighted by molar-refractivity contribution is 5.97. The number of aromatic hydroxyl groups is 1. The Morgan fingerprint density at radius 3 is 2.65 bits per heavy atom. The molecule has 2 aliphatic rings. The van der Waals surface area contributed by atoms with Crippen molar-refractivity contribution in [2.75, 3.05) is 31.6 Å². The van der Waals surface area contributed by atoms with Gasteiger partial charge in [0.15, 0.2) is 12.4 Å². The van der Waals surface area contributed by atoms with E-state index in [9.17, 15) is 19.1 Å². The third-order valence-electron chi connectivity index (χ3n) is 8.09. The van der Waals surface area contributed by atoms with Crippen LogP contribution in [0.25, 0.3) is 0 Å². The van der Waals surface area contributed by atoms with E-state index in [0.717, 1.165) is 69.2 Å². The summed E-state index contributed by atoms with van der Waals surface area (Å²) in [5.74, 6) is 0.376. The molecule has 1 aliphatic heterocycles. The number of anilines is 1. The molecule has 0 aromatic heterocycles. The summed E-state index contributed by atoms with van der Waals surface area (Å²) < 4.78 is 19.1. The number of phenolic OH excluding ortho intramolecular Hbond substituents is 1. The average Bonchev–Trinajstić information content (AvgIpc) is 3.23. The molecule has 7 nitrogen and oxygen atoms in total. The number of carbonyl (C=O) groups is 2. The minimum absolute atomic E-state index is 0.0180. The van der Waals surface area contributed by atoms with Gasteiger partial charge in [0.25, 0.3) is 5.91 Å². The molecule has 0 spiro atoms. The van der Waals surface area contributed by atoms with E-state index in [0.29, 0.717) is 36.0 Å². The van der Waals surface area contributed by atoms with E-state index in [1.165, 1.54) is 31.7 Å². The van der Waals surface area contributed by atoms with Crippen molar-refractivity contribution in [2.45, 2.75) is 90.0 Å². The molecule has 0 radical (unpaired) electrons. The van der Waals surface area contributed by atoms with Crippen LogP contribution in [-0.2, 0) is 22.4 Å². The number of aryl methyl sites for hydroxylation is 2. The first-order valence-corrected chi connectivity index (χ1v) is 14.9. The first kappa shape index (κ1) is 29.8. The van der Waals surface area contributed by atoms with Crippen LogP contribution in [0.15, 0.2) is 30.3 Å². The summed E-state index contributed by atoms with van der Waals surface area (Å²) >= 11 is 0. The van der Waals surface area contributed by atoms with E-state index in [-0.39, 0.29) is 30.0 Å². The van der Waals surface area contributed by atoms with E-state index >= 15 is 0 Å². The number of carbonyl (C=O) groups excluding carboxylic acids is 2. The van der Waals surface area contributed by atoms with Gasteiger partial charge in [0.1, 0.15) is 17.3 Å². The predicted molar refractivity (Wildman–Crippen MR) is 155 cm³/mol.